The van der Waals surface area contributed by atoms with Gasteiger partial charge in [-0.1, -0.05) is 13.8 Å². The zero-order chi connectivity index (χ0) is 17.8. The van der Waals surface area contributed by atoms with Gasteiger partial charge in [-0.2, -0.15) is 4.37 Å². The molecule has 0 saturated carbocycles. The zero-order valence-corrected chi connectivity index (χ0v) is 15.8. The highest BCUT2D eigenvalue weighted by molar-refractivity contribution is 7.09. The number of ether oxygens (including phenoxy) is 1. The van der Waals surface area contributed by atoms with Crippen LogP contribution in [0.15, 0.2) is 17.2 Å². The molecule has 3 heterocycles. The Morgan fingerprint density at radius 2 is 2.12 bits per heavy atom. The first-order valence-electron chi connectivity index (χ1n) is 8.69. The van der Waals surface area contributed by atoms with E-state index in [1.54, 1.807) is 24.1 Å². The number of hydrogen-bond acceptors (Lipinski definition) is 7. The standard InChI is InChI=1S/C17H25N5O2S/c1-12(2)14-8-16(23)22(11-18-14)9-13-4-6-21(7-5-13)17-19-15(10-24-3)20-25-17/h8,11-13H,4-7,9-10H2,1-3H3. The Kier molecular flexibility index (Phi) is 5.80. The van der Waals surface area contributed by atoms with Gasteiger partial charge in [-0.15, -0.1) is 0 Å². The number of piperidine rings is 1. The molecule has 25 heavy (non-hydrogen) atoms. The number of anilines is 1. The fourth-order valence-corrected chi connectivity index (χ4v) is 3.76. The molecule has 0 atom stereocenters. The van der Waals surface area contributed by atoms with Gasteiger partial charge < -0.3 is 9.64 Å². The first-order valence-corrected chi connectivity index (χ1v) is 9.47. The van der Waals surface area contributed by atoms with Crippen molar-refractivity contribution in [2.45, 2.75) is 45.8 Å². The molecular weight excluding hydrogens is 338 g/mol. The van der Waals surface area contributed by atoms with Gasteiger partial charge in [-0.3, -0.25) is 9.36 Å². The van der Waals surface area contributed by atoms with Crippen molar-refractivity contribution in [2.24, 2.45) is 5.92 Å². The van der Waals surface area contributed by atoms with Crippen LogP contribution >= 0.6 is 11.5 Å². The molecule has 0 amide bonds. The van der Waals surface area contributed by atoms with Gasteiger partial charge in [0.25, 0.3) is 5.56 Å². The molecule has 0 unspecified atom stereocenters. The minimum atomic E-state index is 0.0504. The van der Waals surface area contributed by atoms with Crippen LogP contribution in [-0.4, -0.2) is 39.1 Å². The lowest BCUT2D eigenvalue weighted by Crippen LogP contribution is -2.36. The van der Waals surface area contributed by atoms with Crippen molar-refractivity contribution in [1.82, 2.24) is 18.9 Å². The topological polar surface area (TPSA) is 73.1 Å². The molecule has 2 aromatic heterocycles. The fraction of sp³-hybridized carbons (Fsp3) is 0.647. The van der Waals surface area contributed by atoms with Crippen molar-refractivity contribution in [1.29, 1.82) is 0 Å². The lowest BCUT2D eigenvalue weighted by atomic mass is 9.97. The summed E-state index contributed by atoms with van der Waals surface area (Å²) in [5, 5.41) is 0.964. The summed E-state index contributed by atoms with van der Waals surface area (Å²) in [7, 11) is 1.65. The lowest BCUT2D eigenvalue weighted by molar-refractivity contribution is 0.179. The number of aromatic nitrogens is 4. The molecule has 7 nitrogen and oxygen atoms in total. The van der Waals surface area contributed by atoms with Crippen molar-refractivity contribution in [3.8, 4) is 0 Å². The van der Waals surface area contributed by atoms with Crippen molar-refractivity contribution in [2.75, 3.05) is 25.1 Å². The molecule has 136 valence electrons. The summed E-state index contributed by atoms with van der Waals surface area (Å²) in [6.07, 6.45) is 3.78. The van der Waals surface area contributed by atoms with E-state index in [9.17, 15) is 4.79 Å². The van der Waals surface area contributed by atoms with E-state index in [2.05, 4.69) is 19.2 Å². The molecule has 1 aliphatic rings. The summed E-state index contributed by atoms with van der Waals surface area (Å²) in [6.45, 7) is 7.18. The minimum absolute atomic E-state index is 0.0504. The molecule has 8 heteroatoms. The average molecular weight is 363 g/mol. The maximum Gasteiger partial charge on any atom is 0.253 e. The smallest absolute Gasteiger partial charge is 0.253 e. The molecule has 2 aromatic rings. The van der Waals surface area contributed by atoms with Gasteiger partial charge in [0.2, 0.25) is 5.13 Å². The van der Waals surface area contributed by atoms with Crippen molar-refractivity contribution in [3.63, 3.8) is 0 Å². The monoisotopic (exact) mass is 363 g/mol. The number of rotatable bonds is 6. The average Bonchev–Trinajstić information content (AvgIpc) is 3.06. The molecule has 0 aliphatic carbocycles. The van der Waals surface area contributed by atoms with Crippen LogP contribution in [-0.2, 0) is 17.9 Å². The van der Waals surface area contributed by atoms with Gasteiger partial charge in [-0.25, -0.2) is 9.97 Å². The highest BCUT2D eigenvalue weighted by atomic mass is 32.1. The Morgan fingerprint density at radius 1 is 1.36 bits per heavy atom. The predicted octanol–water partition coefficient (Wildman–Crippen LogP) is 2.28. The van der Waals surface area contributed by atoms with Crippen molar-refractivity contribution < 1.29 is 4.74 Å². The molecular formula is C17H25N5O2S. The number of hydrogen-bond donors (Lipinski definition) is 0. The van der Waals surface area contributed by atoms with Crippen molar-refractivity contribution in [3.05, 3.63) is 34.3 Å². The Bertz CT molecular complexity index is 749. The number of methoxy groups -OCH3 is 1. The summed E-state index contributed by atoms with van der Waals surface area (Å²) in [5.74, 6) is 1.51. The van der Waals surface area contributed by atoms with E-state index in [-0.39, 0.29) is 11.5 Å². The van der Waals surface area contributed by atoms with Crippen LogP contribution in [0.25, 0.3) is 0 Å². The van der Waals surface area contributed by atoms with Crippen LogP contribution in [0.2, 0.25) is 0 Å². The molecule has 1 fully saturated rings. The van der Waals surface area contributed by atoms with Gasteiger partial charge in [0, 0.05) is 44.3 Å². The normalized spacial score (nSPS) is 15.9. The van der Waals surface area contributed by atoms with Crippen LogP contribution < -0.4 is 10.5 Å². The maximum atomic E-state index is 12.3. The summed E-state index contributed by atoms with van der Waals surface area (Å²) in [5.41, 5.74) is 0.911. The lowest BCUT2D eigenvalue weighted by Gasteiger charge is -2.31. The Labute approximate surface area is 151 Å². The molecule has 1 saturated heterocycles. The highest BCUT2D eigenvalue weighted by Crippen LogP contribution is 2.25. The predicted molar refractivity (Wildman–Crippen MR) is 98.1 cm³/mol. The second-order valence-corrected chi connectivity index (χ2v) is 7.55. The van der Waals surface area contributed by atoms with E-state index < -0.39 is 0 Å². The first kappa shape index (κ1) is 18.0. The molecule has 0 spiro atoms. The largest absolute Gasteiger partial charge is 0.377 e. The van der Waals surface area contributed by atoms with Gasteiger partial charge in [-0.05, 0) is 24.7 Å². The maximum absolute atomic E-state index is 12.3. The molecule has 1 aliphatic heterocycles. The quantitative estimate of drug-likeness (QED) is 0.784. The molecule has 0 bridgehead atoms. The van der Waals surface area contributed by atoms with E-state index >= 15 is 0 Å². The second kappa shape index (κ2) is 8.05. The van der Waals surface area contributed by atoms with Gasteiger partial charge >= 0.3 is 0 Å². The molecule has 3 rings (SSSR count). The summed E-state index contributed by atoms with van der Waals surface area (Å²) in [4.78, 5) is 23.5. The van der Waals surface area contributed by atoms with Gasteiger partial charge in [0.1, 0.15) is 6.61 Å². The number of nitrogens with zero attached hydrogens (tertiary/aromatic N) is 5. The van der Waals surface area contributed by atoms with Gasteiger partial charge in [0.15, 0.2) is 5.82 Å². The first-order chi connectivity index (χ1) is 12.1. The second-order valence-electron chi connectivity index (χ2n) is 6.82. The third-order valence-electron chi connectivity index (χ3n) is 4.56. The molecule has 0 aromatic carbocycles. The summed E-state index contributed by atoms with van der Waals surface area (Å²) in [6, 6.07) is 1.67. The molecule has 0 N–H and O–H groups in total. The van der Waals surface area contributed by atoms with Crippen molar-refractivity contribution >= 4 is 16.7 Å². The Hall–Kier alpha value is -1.80. The van der Waals surface area contributed by atoms with Crippen LogP contribution in [0.4, 0.5) is 5.13 Å². The van der Waals surface area contributed by atoms with E-state index in [1.807, 2.05) is 13.8 Å². The summed E-state index contributed by atoms with van der Waals surface area (Å²) >= 11 is 1.43. The van der Waals surface area contributed by atoms with E-state index in [1.165, 1.54) is 11.5 Å². The third-order valence-corrected chi connectivity index (χ3v) is 5.38. The SMILES string of the molecule is COCc1nsc(N2CCC(Cn3cnc(C(C)C)cc3=O)CC2)n1. The Morgan fingerprint density at radius 3 is 2.76 bits per heavy atom. The van der Waals surface area contributed by atoms with Crippen LogP contribution in [0.3, 0.4) is 0 Å². The van der Waals surface area contributed by atoms with Gasteiger partial charge in [0.05, 0.1) is 12.0 Å². The van der Waals surface area contributed by atoms with Crippen LogP contribution in [0.5, 0.6) is 0 Å². The van der Waals surface area contributed by atoms with Crippen LogP contribution in [0, 0.1) is 5.92 Å². The van der Waals surface area contributed by atoms with E-state index in [0.717, 1.165) is 49.1 Å². The van der Waals surface area contributed by atoms with E-state index in [0.29, 0.717) is 12.5 Å². The van der Waals surface area contributed by atoms with E-state index in [4.69, 9.17) is 4.74 Å². The zero-order valence-electron chi connectivity index (χ0n) is 15.0. The summed E-state index contributed by atoms with van der Waals surface area (Å²) < 4.78 is 11.1. The highest BCUT2D eigenvalue weighted by Gasteiger charge is 2.22. The molecule has 0 radical (unpaired) electrons. The van der Waals surface area contributed by atoms with Crippen LogP contribution in [0.1, 0.15) is 44.1 Å². The fourth-order valence-electron chi connectivity index (χ4n) is 3.04. The Balaban J connectivity index is 1.56. The third kappa shape index (κ3) is 4.43. The minimum Gasteiger partial charge on any atom is -0.377 e.